The number of rotatable bonds is 12. The number of amides is 2. The van der Waals surface area contributed by atoms with Crippen molar-refractivity contribution in [1.82, 2.24) is 24.8 Å². The average Bonchev–Trinajstić information content (AvgIpc) is 3.43. The first-order valence-electron chi connectivity index (χ1n) is 16.4. The second-order valence-electron chi connectivity index (χ2n) is 13.2. The Hall–Kier alpha value is -4.44. The van der Waals surface area contributed by atoms with Gasteiger partial charge in [-0.2, -0.15) is 0 Å². The van der Waals surface area contributed by atoms with Gasteiger partial charge >= 0.3 is 6.09 Å². The van der Waals surface area contributed by atoms with E-state index < -0.39 is 17.7 Å². The number of fused-ring (bicyclic) bond motifs is 1. The maximum atomic E-state index is 13.9. The summed E-state index contributed by atoms with van der Waals surface area (Å²) in [7, 11) is 3.36. The Bertz CT molecular complexity index is 1650. The Morgan fingerprint density at radius 2 is 1.85 bits per heavy atom. The van der Waals surface area contributed by atoms with Crippen LogP contribution in [-0.4, -0.2) is 77.0 Å². The summed E-state index contributed by atoms with van der Waals surface area (Å²) in [6.07, 6.45) is 6.31. The van der Waals surface area contributed by atoms with E-state index in [0.717, 1.165) is 65.1 Å². The van der Waals surface area contributed by atoms with E-state index in [9.17, 15) is 9.59 Å². The number of carbonyl (C=O) groups excluding carboxylic acids is 2. The highest BCUT2D eigenvalue weighted by molar-refractivity contribution is 5.79. The number of alkyl carbamates (subject to hydrolysis) is 1. The smallest absolute Gasteiger partial charge is 0.407 e. The zero-order chi connectivity index (χ0) is 33.4. The molecule has 1 N–H and O–H groups in total. The monoisotopic (exact) mass is 641 g/mol. The number of hydrogen-bond acceptors (Lipinski definition) is 7. The maximum absolute atomic E-state index is 13.9. The fourth-order valence-electron chi connectivity index (χ4n) is 6.29. The lowest BCUT2D eigenvalue weighted by molar-refractivity contribution is -0.132. The van der Waals surface area contributed by atoms with Gasteiger partial charge < -0.3 is 29.0 Å². The van der Waals surface area contributed by atoms with Crippen molar-refractivity contribution < 1.29 is 23.8 Å². The second kappa shape index (κ2) is 15.4. The van der Waals surface area contributed by atoms with Gasteiger partial charge in [-0.05, 0) is 75.8 Å². The van der Waals surface area contributed by atoms with Gasteiger partial charge in [0.25, 0.3) is 0 Å². The van der Waals surface area contributed by atoms with Gasteiger partial charge in [0.2, 0.25) is 5.91 Å². The Balaban J connectivity index is 1.31. The van der Waals surface area contributed by atoms with Gasteiger partial charge in [0.05, 0.1) is 18.1 Å². The van der Waals surface area contributed by atoms with Crippen LogP contribution in [0.5, 0.6) is 5.75 Å². The molecule has 0 unspecified atom stereocenters. The number of nitrogens with zero attached hydrogens (tertiary/aromatic N) is 4. The Morgan fingerprint density at radius 3 is 2.60 bits per heavy atom. The number of nitrogens with one attached hydrogen (secondary N) is 1. The summed E-state index contributed by atoms with van der Waals surface area (Å²) in [6.45, 7) is 8.24. The minimum atomic E-state index is -0.655. The molecule has 2 aromatic heterocycles. The van der Waals surface area contributed by atoms with Crippen molar-refractivity contribution >= 4 is 23.0 Å². The third-order valence-electron chi connectivity index (χ3n) is 8.44. The number of imidazole rings is 1. The minimum Gasteiger partial charge on any atom is -0.496 e. The fourth-order valence-corrected chi connectivity index (χ4v) is 6.29. The molecule has 10 nitrogen and oxygen atoms in total. The van der Waals surface area contributed by atoms with Crippen LogP contribution in [0.2, 0.25) is 0 Å². The van der Waals surface area contributed by atoms with E-state index in [1.165, 1.54) is 0 Å². The third kappa shape index (κ3) is 8.88. The topological polar surface area (TPSA) is 108 Å². The van der Waals surface area contributed by atoms with Crippen molar-refractivity contribution in [3.63, 3.8) is 0 Å². The van der Waals surface area contributed by atoms with Crippen molar-refractivity contribution in [3.8, 4) is 16.9 Å². The fraction of sp³-hybridized carbons (Fsp3) is 0.459. The molecule has 250 valence electrons. The van der Waals surface area contributed by atoms with Crippen LogP contribution in [0, 0.1) is 0 Å². The van der Waals surface area contributed by atoms with Gasteiger partial charge in [-0.15, -0.1) is 0 Å². The predicted molar refractivity (Wildman–Crippen MR) is 182 cm³/mol. The van der Waals surface area contributed by atoms with Crippen molar-refractivity contribution in [2.45, 2.75) is 77.0 Å². The van der Waals surface area contributed by atoms with E-state index in [4.69, 9.17) is 19.2 Å². The van der Waals surface area contributed by atoms with Crippen LogP contribution in [0.3, 0.4) is 0 Å². The number of methoxy groups -OCH3 is 2. The molecule has 47 heavy (non-hydrogen) atoms. The van der Waals surface area contributed by atoms with Crippen LogP contribution in [0.15, 0.2) is 67.0 Å². The molecule has 1 fully saturated rings. The number of ether oxygens (including phenoxy) is 3. The number of aryl methyl sites for hydroxylation is 1. The number of piperidine rings is 1. The SMILES string of the molecule is COCCCn1c([C@@H]2CCCN(C(=O)C[C@@H](Cc3ccc(-c4cnccc4OC)cc3)NC(=O)OC(C)(C)C)C2)nc2ccccc21. The molecule has 1 saturated heterocycles. The number of hydrogen-bond donors (Lipinski definition) is 1. The number of pyridine rings is 1. The first-order valence-corrected chi connectivity index (χ1v) is 16.4. The van der Waals surface area contributed by atoms with Gasteiger partial charge in [-0.1, -0.05) is 36.4 Å². The van der Waals surface area contributed by atoms with Gasteiger partial charge in [0, 0.05) is 69.7 Å². The Labute approximate surface area is 277 Å². The van der Waals surface area contributed by atoms with Crippen LogP contribution in [-0.2, 0) is 27.2 Å². The first-order chi connectivity index (χ1) is 22.6. The largest absolute Gasteiger partial charge is 0.496 e. The molecule has 10 heteroatoms. The quantitative estimate of drug-likeness (QED) is 0.179. The standard InChI is InChI=1S/C37H47N5O5/c1-37(2,3)47-36(44)39-29(22-26-13-15-27(16-14-26)30-24-38-18-17-33(30)46-5)23-34(43)41-19-8-10-28(25-41)35-40-31-11-6-7-12-32(31)42(35)20-9-21-45-4/h6-7,11-18,24,28-29H,8-10,19-23,25H2,1-5H3,(H,39,44)/t28-,29-/m1/s1. The Morgan fingerprint density at radius 1 is 1.06 bits per heavy atom. The van der Waals surface area contributed by atoms with Gasteiger partial charge in [-0.3, -0.25) is 9.78 Å². The highest BCUT2D eigenvalue weighted by atomic mass is 16.6. The molecule has 0 radical (unpaired) electrons. The molecule has 0 saturated carbocycles. The van der Waals surface area contributed by atoms with Crippen molar-refractivity contribution in [1.29, 1.82) is 0 Å². The molecule has 0 bridgehead atoms. The molecule has 4 aromatic rings. The van der Waals surface area contributed by atoms with Crippen molar-refractivity contribution in [2.24, 2.45) is 0 Å². The molecule has 3 heterocycles. The molecule has 1 aliphatic heterocycles. The summed E-state index contributed by atoms with van der Waals surface area (Å²) < 4.78 is 18.7. The second-order valence-corrected chi connectivity index (χ2v) is 13.2. The summed E-state index contributed by atoms with van der Waals surface area (Å²) in [4.78, 5) is 38.0. The zero-order valence-corrected chi connectivity index (χ0v) is 28.2. The van der Waals surface area contributed by atoms with E-state index in [1.807, 2.05) is 74.2 Å². The van der Waals surface area contributed by atoms with Gasteiger partial charge in [-0.25, -0.2) is 9.78 Å². The lowest BCUT2D eigenvalue weighted by Crippen LogP contribution is -2.46. The van der Waals surface area contributed by atoms with E-state index in [2.05, 4.69) is 20.9 Å². The van der Waals surface area contributed by atoms with Crippen LogP contribution in [0.4, 0.5) is 4.79 Å². The minimum absolute atomic E-state index is 0.00881. The van der Waals surface area contributed by atoms with Gasteiger partial charge in [0.15, 0.2) is 0 Å². The summed E-state index contributed by atoms with van der Waals surface area (Å²) in [6, 6.07) is 17.6. The van der Waals surface area contributed by atoms with E-state index in [-0.39, 0.29) is 18.2 Å². The van der Waals surface area contributed by atoms with Crippen LogP contribution in [0.25, 0.3) is 22.2 Å². The molecular formula is C37H47N5O5. The Kier molecular flexibility index (Phi) is 11.1. The van der Waals surface area contributed by atoms with Crippen LogP contribution >= 0.6 is 0 Å². The summed E-state index contributed by atoms with van der Waals surface area (Å²) >= 11 is 0. The predicted octanol–water partition coefficient (Wildman–Crippen LogP) is 6.38. The summed E-state index contributed by atoms with van der Waals surface area (Å²) in [5.74, 6) is 1.90. The molecule has 1 aliphatic rings. The average molecular weight is 642 g/mol. The zero-order valence-electron chi connectivity index (χ0n) is 28.2. The van der Waals surface area contributed by atoms with Crippen molar-refractivity contribution in [2.75, 3.05) is 33.9 Å². The normalized spacial score (nSPS) is 15.8. The number of aromatic nitrogens is 3. The van der Waals surface area contributed by atoms with E-state index in [0.29, 0.717) is 26.1 Å². The number of benzene rings is 2. The number of likely N-dealkylation sites (tertiary alicyclic amines) is 1. The van der Waals surface area contributed by atoms with Crippen LogP contribution in [0.1, 0.15) is 63.8 Å². The van der Waals surface area contributed by atoms with Crippen LogP contribution < -0.4 is 10.1 Å². The molecule has 5 rings (SSSR count). The lowest BCUT2D eigenvalue weighted by atomic mass is 9.95. The number of para-hydroxylation sites is 2. The third-order valence-corrected chi connectivity index (χ3v) is 8.44. The summed E-state index contributed by atoms with van der Waals surface area (Å²) in [5, 5.41) is 2.99. The molecule has 2 aromatic carbocycles. The lowest BCUT2D eigenvalue weighted by Gasteiger charge is -2.34. The first kappa shape index (κ1) is 33.9. The van der Waals surface area contributed by atoms with E-state index >= 15 is 0 Å². The molecule has 2 atom stereocenters. The highest BCUT2D eigenvalue weighted by Gasteiger charge is 2.30. The molecule has 0 spiro atoms. The number of carbonyl (C=O) groups is 2. The van der Waals surface area contributed by atoms with Crippen molar-refractivity contribution in [3.05, 3.63) is 78.4 Å². The maximum Gasteiger partial charge on any atom is 0.407 e. The van der Waals surface area contributed by atoms with Gasteiger partial charge in [0.1, 0.15) is 17.2 Å². The molecule has 0 aliphatic carbocycles. The van der Waals surface area contributed by atoms with E-state index in [1.54, 1.807) is 26.6 Å². The molecule has 2 amide bonds. The molecular weight excluding hydrogens is 594 g/mol. The summed E-state index contributed by atoms with van der Waals surface area (Å²) in [5.41, 5.74) is 4.28. The highest BCUT2D eigenvalue weighted by Crippen LogP contribution is 2.31.